The van der Waals surface area contributed by atoms with Crippen LogP contribution in [0.4, 0.5) is 0 Å². The van der Waals surface area contributed by atoms with Crippen molar-refractivity contribution >= 4 is 15.7 Å². The number of amides is 1. The molecule has 0 bridgehead atoms. The molecule has 24 heavy (non-hydrogen) atoms. The van der Waals surface area contributed by atoms with Crippen molar-refractivity contribution in [2.45, 2.75) is 37.0 Å². The standard InChI is InChI=1S/C16H26N4O3S/c1-24(22,23)15-10-17-18-14(15)9-13-5-4-8-20(11-13)16(21)12-19-6-2-3-7-19/h10,13H,2-9,11-12H2,1H3,(H,17,18)/t13-/m1/s1. The van der Waals surface area contributed by atoms with Gasteiger partial charge in [-0.05, 0) is 51.1 Å². The Balaban J connectivity index is 1.59. The average Bonchev–Trinajstić information content (AvgIpc) is 3.18. The molecule has 1 atom stereocenters. The molecule has 0 spiro atoms. The number of nitrogens with zero attached hydrogens (tertiary/aromatic N) is 3. The molecule has 7 nitrogen and oxygen atoms in total. The lowest BCUT2D eigenvalue weighted by atomic mass is 9.93. The highest BCUT2D eigenvalue weighted by Gasteiger charge is 2.27. The number of carbonyl (C=O) groups is 1. The fraction of sp³-hybridized carbons (Fsp3) is 0.750. The van der Waals surface area contributed by atoms with E-state index in [0.717, 1.165) is 32.5 Å². The maximum atomic E-state index is 12.5. The van der Waals surface area contributed by atoms with E-state index in [1.165, 1.54) is 25.3 Å². The number of carbonyl (C=O) groups excluding carboxylic acids is 1. The number of nitrogens with one attached hydrogen (secondary N) is 1. The number of aromatic nitrogens is 2. The van der Waals surface area contributed by atoms with Gasteiger partial charge in [0.25, 0.3) is 0 Å². The predicted octanol–water partition coefficient (Wildman–Crippen LogP) is 0.690. The van der Waals surface area contributed by atoms with Gasteiger partial charge >= 0.3 is 0 Å². The van der Waals surface area contributed by atoms with Gasteiger partial charge in [0.1, 0.15) is 4.90 Å². The van der Waals surface area contributed by atoms with E-state index in [1.807, 2.05) is 4.90 Å². The van der Waals surface area contributed by atoms with Gasteiger partial charge in [-0.3, -0.25) is 14.8 Å². The zero-order valence-electron chi connectivity index (χ0n) is 14.2. The van der Waals surface area contributed by atoms with Crippen molar-refractivity contribution < 1.29 is 13.2 Å². The van der Waals surface area contributed by atoms with Crippen LogP contribution in [0.3, 0.4) is 0 Å². The van der Waals surface area contributed by atoms with Crippen LogP contribution in [-0.2, 0) is 21.1 Å². The van der Waals surface area contributed by atoms with Gasteiger partial charge in [-0.2, -0.15) is 5.10 Å². The van der Waals surface area contributed by atoms with Crippen LogP contribution in [0, 0.1) is 5.92 Å². The molecule has 0 aromatic carbocycles. The molecular formula is C16H26N4O3S. The quantitative estimate of drug-likeness (QED) is 0.841. The maximum absolute atomic E-state index is 12.5. The summed E-state index contributed by atoms with van der Waals surface area (Å²) in [5, 5.41) is 6.71. The Morgan fingerprint density at radius 3 is 2.75 bits per heavy atom. The normalized spacial score (nSPS) is 22.9. The molecule has 0 saturated carbocycles. The molecule has 2 saturated heterocycles. The maximum Gasteiger partial charge on any atom is 0.236 e. The molecule has 2 aliphatic heterocycles. The molecule has 3 rings (SSSR count). The molecule has 1 aromatic heterocycles. The number of likely N-dealkylation sites (tertiary alicyclic amines) is 2. The molecule has 0 aliphatic carbocycles. The molecule has 1 N–H and O–H groups in total. The van der Waals surface area contributed by atoms with Gasteiger partial charge in [0.05, 0.1) is 18.4 Å². The topological polar surface area (TPSA) is 86.4 Å². The van der Waals surface area contributed by atoms with Crippen LogP contribution >= 0.6 is 0 Å². The summed E-state index contributed by atoms with van der Waals surface area (Å²) < 4.78 is 23.6. The lowest BCUT2D eigenvalue weighted by Gasteiger charge is -2.33. The van der Waals surface area contributed by atoms with Crippen molar-refractivity contribution in [2.24, 2.45) is 5.92 Å². The van der Waals surface area contributed by atoms with Gasteiger partial charge in [-0.1, -0.05) is 0 Å². The van der Waals surface area contributed by atoms with Gasteiger partial charge in [0, 0.05) is 19.3 Å². The zero-order valence-corrected chi connectivity index (χ0v) is 15.0. The Morgan fingerprint density at radius 2 is 2.04 bits per heavy atom. The zero-order chi connectivity index (χ0) is 17.2. The van der Waals surface area contributed by atoms with E-state index in [-0.39, 0.29) is 16.7 Å². The predicted molar refractivity (Wildman–Crippen MR) is 90.4 cm³/mol. The summed E-state index contributed by atoms with van der Waals surface area (Å²) >= 11 is 0. The SMILES string of the molecule is CS(=O)(=O)c1cn[nH]c1C[C@H]1CCCN(C(=O)CN2CCCC2)C1. The molecule has 134 valence electrons. The van der Waals surface area contributed by atoms with E-state index in [9.17, 15) is 13.2 Å². The molecule has 1 aromatic rings. The largest absolute Gasteiger partial charge is 0.341 e. The van der Waals surface area contributed by atoms with E-state index in [2.05, 4.69) is 15.1 Å². The van der Waals surface area contributed by atoms with E-state index in [1.54, 1.807) is 0 Å². The number of hydrogen-bond acceptors (Lipinski definition) is 5. The first-order valence-electron chi connectivity index (χ1n) is 8.66. The minimum atomic E-state index is -3.27. The highest BCUT2D eigenvalue weighted by Crippen LogP contribution is 2.23. The van der Waals surface area contributed by atoms with Crippen molar-refractivity contribution in [1.82, 2.24) is 20.0 Å². The molecule has 2 aliphatic rings. The summed E-state index contributed by atoms with van der Waals surface area (Å²) in [7, 11) is -3.27. The Hall–Kier alpha value is -1.41. The van der Waals surface area contributed by atoms with Crippen LogP contribution in [-0.4, -0.2) is 73.3 Å². The number of hydrogen-bond donors (Lipinski definition) is 1. The van der Waals surface area contributed by atoms with Gasteiger partial charge < -0.3 is 4.90 Å². The smallest absolute Gasteiger partial charge is 0.236 e. The fourth-order valence-electron chi connectivity index (χ4n) is 3.75. The Kier molecular flexibility index (Phi) is 5.24. The minimum absolute atomic E-state index is 0.203. The molecule has 8 heteroatoms. The molecule has 0 unspecified atom stereocenters. The average molecular weight is 354 g/mol. The Morgan fingerprint density at radius 1 is 1.29 bits per heavy atom. The van der Waals surface area contributed by atoms with Crippen LogP contribution in [0.15, 0.2) is 11.1 Å². The van der Waals surface area contributed by atoms with E-state index < -0.39 is 9.84 Å². The summed E-state index contributed by atoms with van der Waals surface area (Å²) in [5.74, 6) is 0.483. The van der Waals surface area contributed by atoms with Crippen LogP contribution in [0.5, 0.6) is 0 Å². The molecule has 0 radical (unpaired) electrons. The number of aromatic amines is 1. The second-order valence-corrected chi connectivity index (χ2v) is 9.00. The summed E-state index contributed by atoms with van der Waals surface area (Å²) in [5.41, 5.74) is 0.663. The van der Waals surface area contributed by atoms with Crippen LogP contribution in [0.25, 0.3) is 0 Å². The first kappa shape index (κ1) is 17.4. The summed E-state index contributed by atoms with van der Waals surface area (Å²) in [6, 6.07) is 0. The molecule has 3 heterocycles. The second-order valence-electron chi connectivity index (χ2n) is 7.02. The lowest BCUT2D eigenvalue weighted by Crippen LogP contribution is -2.45. The van der Waals surface area contributed by atoms with E-state index in [0.29, 0.717) is 25.2 Å². The van der Waals surface area contributed by atoms with E-state index in [4.69, 9.17) is 0 Å². The highest BCUT2D eigenvalue weighted by molar-refractivity contribution is 7.90. The van der Waals surface area contributed by atoms with Gasteiger partial charge in [0.15, 0.2) is 9.84 Å². The number of piperidine rings is 1. The fourth-order valence-corrected chi connectivity index (χ4v) is 4.57. The third kappa shape index (κ3) is 4.16. The number of rotatable bonds is 5. The monoisotopic (exact) mass is 354 g/mol. The van der Waals surface area contributed by atoms with Crippen LogP contribution in [0.2, 0.25) is 0 Å². The number of H-pyrrole nitrogens is 1. The van der Waals surface area contributed by atoms with Gasteiger partial charge in [-0.15, -0.1) is 0 Å². The first-order chi connectivity index (χ1) is 11.4. The van der Waals surface area contributed by atoms with Gasteiger partial charge in [-0.25, -0.2) is 8.42 Å². The Labute approximate surface area is 143 Å². The minimum Gasteiger partial charge on any atom is -0.341 e. The van der Waals surface area contributed by atoms with Crippen LogP contribution in [0.1, 0.15) is 31.4 Å². The van der Waals surface area contributed by atoms with Gasteiger partial charge in [0.2, 0.25) is 5.91 Å². The summed E-state index contributed by atoms with van der Waals surface area (Å²) in [6.45, 7) is 4.08. The summed E-state index contributed by atoms with van der Waals surface area (Å²) in [4.78, 5) is 16.9. The van der Waals surface area contributed by atoms with Crippen molar-refractivity contribution in [1.29, 1.82) is 0 Å². The summed E-state index contributed by atoms with van der Waals surface area (Å²) in [6.07, 6.45) is 7.55. The molecule has 2 fully saturated rings. The third-order valence-electron chi connectivity index (χ3n) is 5.00. The van der Waals surface area contributed by atoms with Crippen molar-refractivity contribution in [3.63, 3.8) is 0 Å². The van der Waals surface area contributed by atoms with Crippen molar-refractivity contribution in [2.75, 3.05) is 39.0 Å². The third-order valence-corrected chi connectivity index (χ3v) is 6.15. The van der Waals surface area contributed by atoms with Crippen molar-refractivity contribution in [3.05, 3.63) is 11.9 Å². The first-order valence-corrected chi connectivity index (χ1v) is 10.5. The highest BCUT2D eigenvalue weighted by atomic mass is 32.2. The van der Waals surface area contributed by atoms with Crippen molar-refractivity contribution in [3.8, 4) is 0 Å². The van der Waals surface area contributed by atoms with Crippen LogP contribution < -0.4 is 0 Å². The Bertz CT molecular complexity index is 679. The lowest BCUT2D eigenvalue weighted by molar-refractivity contribution is -0.134. The van der Waals surface area contributed by atoms with E-state index >= 15 is 0 Å². The number of sulfone groups is 1. The molecule has 1 amide bonds. The molecular weight excluding hydrogens is 328 g/mol. The second kappa shape index (κ2) is 7.23.